The molecule has 4 nitrogen and oxygen atoms in total. The van der Waals surface area contributed by atoms with E-state index in [-0.39, 0.29) is 17.1 Å². The Morgan fingerprint density at radius 2 is 1.74 bits per heavy atom. The molecule has 0 unspecified atom stereocenters. The molecule has 0 aliphatic heterocycles. The molecule has 2 rings (SSSR count). The van der Waals surface area contributed by atoms with Gasteiger partial charge in [0.1, 0.15) is 5.69 Å². The number of carboxylic acid groups (broad SMARTS) is 1. The summed E-state index contributed by atoms with van der Waals surface area (Å²) >= 11 is 0. The van der Waals surface area contributed by atoms with E-state index in [2.05, 4.69) is 10.3 Å². The Morgan fingerprint density at radius 3 is 2.32 bits per heavy atom. The van der Waals surface area contributed by atoms with Crippen LogP contribution in [0, 0.1) is 17.5 Å². The molecule has 0 saturated heterocycles. The maximum atomic E-state index is 13.0. The summed E-state index contributed by atoms with van der Waals surface area (Å²) in [6, 6.07) is 4.12. The van der Waals surface area contributed by atoms with Crippen molar-refractivity contribution in [3.8, 4) is 0 Å². The number of carbonyl (C=O) groups is 1. The Labute approximate surface area is 105 Å². The summed E-state index contributed by atoms with van der Waals surface area (Å²) in [6.45, 7) is 0. The van der Waals surface area contributed by atoms with Gasteiger partial charge in [0, 0.05) is 29.7 Å². The van der Waals surface area contributed by atoms with Crippen LogP contribution < -0.4 is 5.32 Å². The molecular weight excluding hydrogens is 261 g/mol. The first-order valence-corrected chi connectivity index (χ1v) is 5.08. The molecule has 0 bridgehead atoms. The lowest BCUT2D eigenvalue weighted by Crippen LogP contribution is -2.01. The molecule has 1 aromatic heterocycles. The molecule has 98 valence electrons. The molecule has 0 aliphatic carbocycles. The number of anilines is 2. The van der Waals surface area contributed by atoms with Gasteiger partial charge in [-0.15, -0.1) is 0 Å². The monoisotopic (exact) mass is 268 g/mol. The number of hydrogen-bond acceptors (Lipinski definition) is 3. The van der Waals surface area contributed by atoms with Gasteiger partial charge in [-0.05, 0) is 12.1 Å². The number of hydrogen-bond donors (Lipinski definition) is 2. The number of rotatable bonds is 3. The third-order valence-electron chi connectivity index (χ3n) is 2.25. The lowest BCUT2D eigenvalue weighted by atomic mass is 10.2. The lowest BCUT2D eigenvalue weighted by Gasteiger charge is -2.07. The third-order valence-corrected chi connectivity index (χ3v) is 2.25. The number of benzene rings is 1. The smallest absolute Gasteiger partial charge is 0.354 e. The third kappa shape index (κ3) is 2.82. The fourth-order valence-electron chi connectivity index (χ4n) is 1.42. The Hall–Kier alpha value is -2.57. The van der Waals surface area contributed by atoms with Crippen molar-refractivity contribution in [2.45, 2.75) is 0 Å². The minimum Gasteiger partial charge on any atom is -0.477 e. The second-order valence-corrected chi connectivity index (χ2v) is 3.61. The molecular formula is C12H7F3N2O2. The summed E-state index contributed by atoms with van der Waals surface area (Å²) in [4.78, 5) is 14.3. The van der Waals surface area contributed by atoms with E-state index in [1.165, 1.54) is 18.3 Å². The Kier molecular flexibility index (Phi) is 3.37. The van der Waals surface area contributed by atoms with E-state index >= 15 is 0 Å². The Bertz CT molecular complexity index is 624. The Morgan fingerprint density at radius 1 is 1.11 bits per heavy atom. The van der Waals surface area contributed by atoms with Crippen LogP contribution in [0.4, 0.5) is 24.5 Å². The van der Waals surface area contributed by atoms with Gasteiger partial charge >= 0.3 is 5.97 Å². The molecule has 0 fully saturated rings. The molecule has 2 aromatic rings. The number of pyridine rings is 1. The summed E-state index contributed by atoms with van der Waals surface area (Å²) in [7, 11) is 0. The first kappa shape index (κ1) is 12.9. The SMILES string of the molecule is O=C(O)c1cc(Nc2cc(F)c(F)c(F)c2)ccn1. The minimum atomic E-state index is -1.56. The van der Waals surface area contributed by atoms with Crippen molar-refractivity contribution in [1.82, 2.24) is 4.98 Å². The normalized spacial score (nSPS) is 10.3. The summed E-state index contributed by atoms with van der Waals surface area (Å²) in [6.07, 6.45) is 1.22. The number of aromatic nitrogens is 1. The topological polar surface area (TPSA) is 62.2 Å². The largest absolute Gasteiger partial charge is 0.477 e. The summed E-state index contributed by atoms with van der Waals surface area (Å²) in [5, 5.41) is 11.3. The number of nitrogens with one attached hydrogen (secondary N) is 1. The second-order valence-electron chi connectivity index (χ2n) is 3.61. The van der Waals surface area contributed by atoms with Crippen LogP contribution in [0.3, 0.4) is 0 Å². The van der Waals surface area contributed by atoms with E-state index in [4.69, 9.17) is 5.11 Å². The van der Waals surface area contributed by atoms with Crippen molar-refractivity contribution >= 4 is 17.3 Å². The molecule has 0 saturated carbocycles. The molecule has 19 heavy (non-hydrogen) atoms. The van der Waals surface area contributed by atoms with E-state index < -0.39 is 23.4 Å². The minimum absolute atomic E-state index is 0.0426. The highest BCUT2D eigenvalue weighted by Crippen LogP contribution is 2.21. The molecule has 2 N–H and O–H groups in total. The van der Waals surface area contributed by atoms with E-state index in [0.29, 0.717) is 0 Å². The fraction of sp³-hybridized carbons (Fsp3) is 0. The van der Waals surface area contributed by atoms with Gasteiger partial charge in [0.2, 0.25) is 0 Å². The van der Waals surface area contributed by atoms with Crippen molar-refractivity contribution < 1.29 is 23.1 Å². The van der Waals surface area contributed by atoms with Gasteiger partial charge in [-0.1, -0.05) is 0 Å². The van der Waals surface area contributed by atoms with Crippen molar-refractivity contribution in [3.63, 3.8) is 0 Å². The van der Waals surface area contributed by atoms with Gasteiger partial charge in [0.25, 0.3) is 0 Å². The van der Waals surface area contributed by atoms with Gasteiger partial charge in [-0.3, -0.25) is 0 Å². The number of nitrogens with zero attached hydrogens (tertiary/aromatic N) is 1. The highest BCUT2D eigenvalue weighted by Gasteiger charge is 2.11. The average Bonchev–Trinajstić information content (AvgIpc) is 2.36. The molecule has 0 spiro atoms. The highest BCUT2D eigenvalue weighted by molar-refractivity contribution is 5.86. The maximum absolute atomic E-state index is 13.0. The van der Waals surface area contributed by atoms with Crippen LogP contribution in [0.1, 0.15) is 10.5 Å². The second kappa shape index (κ2) is 4.97. The van der Waals surface area contributed by atoms with Gasteiger partial charge in [-0.25, -0.2) is 22.9 Å². The van der Waals surface area contributed by atoms with Crippen LogP contribution in [0.5, 0.6) is 0 Å². The fourth-order valence-corrected chi connectivity index (χ4v) is 1.42. The van der Waals surface area contributed by atoms with Crippen LogP contribution in [-0.2, 0) is 0 Å². The number of carboxylic acids is 1. The van der Waals surface area contributed by atoms with E-state index in [9.17, 15) is 18.0 Å². The summed E-state index contributed by atoms with van der Waals surface area (Å²) < 4.78 is 38.7. The predicted molar refractivity (Wildman–Crippen MR) is 60.8 cm³/mol. The van der Waals surface area contributed by atoms with Gasteiger partial charge in [0.05, 0.1) is 0 Å². The standard InChI is InChI=1S/C12H7F3N2O2/c13-8-3-7(4-9(14)11(8)15)17-6-1-2-16-10(5-6)12(18)19/h1-5H,(H,16,17)(H,18,19). The Balaban J connectivity index is 2.31. The summed E-state index contributed by atoms with van der Waals surface area (Å²) in [5.74, 6) is -5.48. The quantitative estimate of drug-likeness (QED) is 0.840. The van der Waals surface area contributed by atoms with Gasteiger partial charge < -0.3 is 10.4 Å². The molecule has 1 heterocycles. The van der Waals surface area contributed by atoms with Crippen molar-refractivity contribution in [1.29, 1.82) is 0 Å². The first-order chi connectivity index (χ1) is 8.97. The zero-order chi connectivity index (χ0) is 14.0. The van der Waals surface area contributed by atoms with Gasteiger partial charge in [0.15, 0.2) is 17.5 Å². The van der Waals surface area contributed by atoms with Crippen LogP contribution >= 0.6 is 0 Å². The van der Waals surface area contributed by atoms with Crippen LogP contribution in [0.25, 0.3) is 0 Å². The lowest BCUT2D eigenvalue weighted by molar-refractivity contribution is 0.0690. The molecule has 0 radical (unpaired) electrons. The maximum Gasteiger partial charge on any atom is 0.354 e. The first-order valence-electron chi connectivity index (χ1n) is 5.08. The van der Waals surface area contributed by atoms with E-state index in [0.717, 1.165) is 12.1 Å². The molecule has 0 atom stereocenters. The van der Waals surface area contributed by atoms with Crippen LogP contribution in [0.15, 0.2) is 30.5 Å². The van der Waals surface area contributed by atoms with Crippen LogP contribution in [0.2, 0.25) is 0 Å². The number of halogens is 3. The average molecular weight is 268 g/mol. The van der Waals surface area contributed by atoms with Crippen LogP contribution in [-0.4, -0.2) is 16.1 Å². The molecule has 0 aliphatic rings. The molecule has 1 aromatic carbocycles. The van der Waals surface area contributed by atoms with Crippen molar-refractivity contribution in [2.75, 3.05) is 5.32 Å². The van der Waals surface area contributed by atoms with Crippen molar-refractivity contribution in [3.05, 3.63) is 53.6 Å². The predicted octanol–water partition coefficient (Wildman–Crippen LogP) is 2.94. The molecule has 0 amide bonds. The summed E-state index contributed by atoms with van der Waals surface area (Å²) in [5.41, 5.74) is -0.00944. The number of aromatic carboxylic acids is 1. The van der Waals surface area contributed by atoms with E-state index in [1.807, 2.05) is 0 Å². The van der Waals surface area contributed by atoms with Gasteiger partial charge in [-0.2, -0.15) is 0 Å². The zero-order valence-corrected chi connectivity index (χ0v) is 9.32. The van der Waals surface area contributed by atoms with Crippen molar-refractivity contribution in [2.24, 2.45) is 0 Å². The van der Waals surface area contributed by atoms with E-state index in [1.54, 1.807) is 0 Å². The highest BCUT2D eigenvalue weighted by atomic mass is 19.2. The molecule has 7 heteroatoms. The zero-order valence-electron chi connectivity index (χ0n) is 9.32.